The highest BCUT2D eigenvalue weighted by atomic mass is 79.9. The third-order valence-corrected chi connectivity index (χ3v) is 3.52. The highest BCUT2D eigenvalue weighted by molar-refractivity contribution is 9.13. The first kappa shape index (κ1) is 9.49. The number of hydrogen-bond donors (Lipinski definition) is 0. The molecule has 0 amide bonds. The molecule has 0 N–H and O–H groups in total. The lowest BCUT2D eigenvalue weighted by Gasteiger charge is -2.01. The van der Waals surface area contributed by atoms with E-state index in [1.54, 1.807) is 12.1 Å². The van der Waals surface area contributed by atoms with E-state index in [0.717, 1.165) is 0 Å². The molecule has 0 saturated heterocycles. The molecule has 0 unspecified atom stereocenters. The van der Waals surface area contributed by atoms with Gasteiger partial charge < -0.3 is 0 Å². The van der Waals surface area contributed by atoms with Crippen LogP contribution in [0.2, 0.25) is 0 Å². The van der Waals surface area contributed by atoms with Gasteiger partial charge >= 0.3 is 0 Å². The molecule has 1 aromatic rings. The zero-order valence-electron chi connectivity index (χ0n) is 5.37. The first-order chi connectivity index (χ1) is 5.16. The number of benzene rings is 1. The summed E-state index contributed by atoms with van der Waals surface area (Å²) >= 11 is 11.7. The minimum atomic E-state index is -0.297. The van der Waals surface area contributed by atoms with Gasteiger partial charge in [-0.25, -0.2) is 4.39 Å². The van der Waals surface area contributed by atoms with Gasteiger partial charge in [0.25, 0.3) is 0 Å². The van der Waals surface area contributed by atoms with Crippen molar-refractivity contribution < 1.29 is 4.39 Å². The first-order valence-electron chi connectivity index (χ1n) is 2.85. The van der Waals surface area contributed by atoms with Crippen molar-refractivity contribution in [3.63, 3.8) is 0 Å². The van der Waals surface area contributed by atoms with Crippen LogP contribution in [0.15, 0.2) is 21.1 Å². The summed E-state index contributed by atoms with van der Waals surface area (Å²) in [7, 11) is 0. The standard InChI is InChI=1S/C7H4Br2ClF/c8-5-2-1-4(3-10)7(11)6(5)9/h1-2H,3H2. The van der Waals surface area contributed by atoms with Crippen LogP contribution < -0.4 is 0 Å². The van der Waals surface area contributed by atoms with E-state index in [1.165, 1.54) is 0 Å². The van der Waals surface area contributed by atoms with Gasteiger partial charge in [0.15, 0.2) is 0 Å². The molecule has 60 valence electrons. The fourth-order valence-electron chi connectivity index (χ4n) is 0.669. The molecule has 0 atom stereocenters. The maximum atomic E-state index is 13.1. The van der Waals surface area contributed by atoms with Crippen molar-refractivity contribution >= 4 is 43.5 Å². The molecule has 0 aromatic heterocycles. The maximum absolute atomic E-state index is 13.1. The molecule has 1 rings (SSSR count). The summed E-state index contributed by atoms with van der Waals surface area (Å²) < 4.78 is 14.2. The lowest BCUT2D eigenvalue weighted by atomic mass is 10.2. The Morgan fingerprint density at radius 1 is 1.36 bits per heavy atom. The van der Waals surface area contributed by atoms with Crippen LogP contribution in [0.25, 0.3) is 0 Å². The fraction of sp³-hybridized carbons (Fsp3) is 0.143. The van der Waals surface area contributed by atoms with Gasteiger partial charge in [-0.3, -0.25) is 0 Å². The molecule has 0 radical (unpaired) electrons. The summed E-state index contributed by atoms with van der Waals surface area (Å²) in [5, 5.41) is 0. The van der Waals surface area contributed by atoms with Crippen LogP contribution >= 0.6 is 43.5 Å². The molecule has 0 spiro atoms. The van der Waals surface area contributed by atoms with Gasteiger partial charge in [0, 0.05) is 10.0 Å². The third kappa shape index (κ3) is 1.95. The average molecular weight is 302 g/mol. The van der Waals surface area contributed by atoms with Crippen molar-refractivity contribution in [2.45, 2.75) is 5.88 Å². The molecular weight excluding hydrogens is 298 g/mol. The van der Waals surface area contributed by atoms with Crippen LogP contribution in [0.5, 0.6) is 0 Å². The van der Waals surface area contributed by atoms with E-state index in [2.05, 4.69) is 31.9 Å². The minimum absolute atomic E-state index is 0.192. The van der Waals surface area contributed by atoms with Crippen LogP contribution in [0, 0.1) is 5.82 Å². The molecule has 11 heavy (non-hydrogen) atoms. The lowest BCUT2D eigenvalue weighted by molar-refractivity contribution is 0.609. The predicted molar refractivity (Wildman–Crippen MR) is 51.4 cm³/mol. The first-order valence-corrected chi connectivity index (χ1v) is 4.97. The molecule has 0 saturated carbocycles. The topological polar surface area (TPSA) is 0 Å². The van der Waals surface area contributed by atoms with Gasteiger partial charge in [-0.15, -0.1) is 11.6 Å². The van der Waals surface area contributed by atoms with Gasteiger partial charge in [0.1, 0.15) is 5.82 Å². The Morgan fingerprint density at radius 2 is 2.00 bits per heavy atom. The van der Waals surface area contributed by atoms with Crippen molar-refractivity contribution in [2.75, 3.05) is 0 Å². The number of rotatable bonds is 1. The summed E-state index contributed by atoms with van der Waals surface area (Å²) in [5.74, 6) is -0.105. The van der Waals surface area contributed by atoms with Gasteiger partial charge in [0.2, 0.25) is 0 Å². The van der Waals surface area contributed by atoms with E-state index < -0.39 is 0 Å². The van der Waals surface area contributed by atoms with E-state index in [4.69, 9.17) is 11.6 Å². The van der Waals surface area contributed by atoms with E-state index >= 15 is 0 Å². The smallest absolute Gasteiger partial charge is 0.142 e. The Hall–Kier alpha value is 0.400. The van der Waals surface area contributed by atoms with Crippen molar-refractivity contribution in [3.8, 4) is 0 Å². The number of alkyl halides is 1. The normalized spacial score (nSPS) is 10.2. The van der Waals surface area contributed by atoms with E-state index in [0.29, 0.717) is 14.5 Å². The van der Waals surface area contributed by atoms with Crippen molar-refractivity contribution in [2.24, 2.45) is 0 Å². The van der Waals surface area contributed by atoms with Crippen molar-refractivity contribution in [1.82, 2.24) is 0 Å². The summed E-state index contributed by atoms with van der Waals surface area (Å²) in [6.07, 6.45) is 0. The molecule has 1 aromatic carbocycles. The summed E-state index contributed by atoms with van der Waals surface area (Å²) in [6.45, 7) is 0. The zero-order valence-corrected chi connectivity index (χ0v) is 9.30. The average Bonchev–Trinajstić information content (AvgIpc) is 2.01. The van der Waals surface area contributed by atoms with Crippen LogP contribution in [-0.2, 0) is 5.88 Å². The lowest BCUT2D eigenvalue weighted by Crippen LogP contribution is -1.87. The van der Waals surface area contributed by atoms with Gasteiger partial charge in [-0.1, -0.05) is 6.07 Å². The highest BCUT2D eigenvalue weighted by Gasteiger charge is 2.07. The zero-order chi connectivity index (χ0) is 8.43. The van der Waals surface area contributed by atoms with Crippen LogP contribution in [-0.4, -0.2) is 0 Å². The SMILES string of the molecule is Fc1c(CCl)ccc(Br)c1Br. The highest BCUT2D eigenvalue weighted by Crippen LogP contribution is 2.28. The van der Waals surface area contributed by atoms with Crippen LogP contribution in [0.4, 0.5) is 4.39 Å². The summed E-state index contributed by atoms with van der Waals surface area (Å²) in [5.41, 5.74) is 0.502. The molecule has 0 aliphatic heterocycles. The maximum Gasteiger partial charge on any atom is 0.142 e. The van der Waals surface area contributed by atoms with Crippen molar-refractivity contribution in [3.05, 3.63) is 32.5 Å². The quantitative estimate of drug-likeness (QED) is 0.541. The molecule has 0 fully saturated rings. The number of halogens is 4. The molecule has 0 heterocycles. The molecular formula is C7H4Br2ClF. The van der Waals surface area contributed by atoms with Crippen LogP contribution in [0.1, 0.15) is 5.56 Å². The second-order valence-corrected chi connectivity index (χ2v) is 3.88. The van der Waals surface area contributed by atoms with E-state index in [9.17, 15) is 4.39 Å². The van der Waals surface area contributed by atoms with E-state index in [1.807, 2.05) is 0 Å². The predicted octanol–water partition coefficient (Wildman–Crippen LogP) is 4.09. The third-order valence-electron chi connectivity index (χ3n) is 1.26. The Balaban J connectivity index is 3.25. The molecule has 0 aliphatic rings. The Bertz CT molecular complexity index is 275. The second kappa shape index (κ2) is 3.87. The molecule has 0 nitrogen and oxygen atoms in total. The molecule has 4 heteroatoms. The largest absolute Gasteiger partial charge is 0.205 e. The number of hydrogen-bond acceptors (Lipinski definition) is 0. The summed E-state index contributed by atoms with van der Waals surface area (Å²) in [4.78, 5) is 0. The Morgan fingerprint density at radius 3 is 2.55 bits per heavy atom. The minimum Gasteiger partial charge on any atom is -0.205 e. The molecule has 0 bridgehead atoms. The molecule has 0 aliphatic carbocycles. The van der Waals surface area contributed by atoms with Crippen LogP contribution in [0.3, 0.4) is 0 Å². The monoisotopic (exact) mass is 300 g/mol. The van der Waals surface area contributed by atoms with E-state index in [-0.39, 0.29) is 11.7 Å². The van der Waals surface area contributed by atoms with Gasteiger partial charge in [0.05, 0.1) is 10.4 Å². The van der Waals surface area contributed by atoms with Gasteiger partial charge in [-0.05, 0) is 37.9 Å². The van der Waals surface area contributed by atoms with Crippen molar-refractivity contribution in [1.29, 1.82) is 0 Å². The Labute approximate surface area is 86.0 Å². The van der Waals surface area contributed by atoms with Gasteiger partial charge in [-0.2, -0.15) is 0 Å². The second-order valence-electron chi connectivity index (χ2n) is 1.97. The summed E-state index contributed by atoms with van der Waals surface area (Å²) in [6, 6.07) is 3.40. The Kier molecular flexibility index (Phi) is 3.34. The fourth-order valence-corrected chi connectivity index (χ4v) is 1.57.